The van der Waals surface area contributed by atoms with E-state index in [-0.39, 0.29) is 6.61 Å². The van der Waals surface area contributed by atoms with E-state index in [1.54, 1.807) is 24.5 Å². The standard InChI is InChI=1S/C15H18FN5O/c1-11-7-17-5-6-21(11)14-8-18-9-15(20-14)22-10-12-3-2-4-13(16)19-12/h2-4,8-9,11,17H,5-7,10H2,1H3. The van der Waals surface area contributed by atoms with Crippen molar-refractivity contribution in [3.8, 4) is 5.88 Å². The van der Waals surface area contributed by atoms with Gasteiger partial charge in [0.15, 0.2) is 5.82 Å². The normalized spacial score (nSPS) is 18.3. The molecule has 0 saturated carbocycles. The summed E-state index contributed by atoms with van der Waals surface area (Å²) in [6, 6.07) is 4.96. The Morgan fingerprint density at radius 3 is 3.09 bits per heavy atom. The molecule has 1 unspecified atom stereocenters. The fourth-order valence-corrected chi connectivity index (χ4v) is 2.41. The second-order valence-corrected chi connectivity index (χ2v) is 5.20. The molecule has 0 bridgehead atoms. The number of anilines is 1. The molecule has 0 amide bonds. The summed E-state index contributed by atoms with van der Waals surface area (Å²) in [4.78, 5) is 14.6. The molecule has 116 valence electrons. The predicted octanol–water partition coefficient (Wildman–Crippen LogP) is 1.39. The topological polar surface area (TPSA) is 63.2 Å². The van der Waals surface area contributed by atoms with Crippen molar-refractivity contribution in [1.82, 2.24) is 20.3 Å². The summed E-state index contributed by atoms with van der Waals surface area (Å²) >= 11 is 0. The number of nitrogens with zero attached hydrogens (tertiary/aromatic N) is 4. The fraction of sp³-hybridized carbons (Fsp3) is 0.400. The molecule has 1 fully saturated rings. The van der Waals surface area contributed by atoms with Crippen LogP contribution in [-0.4, -0.2) is 40.6 Å². The molecular weight excluding hydrogens is 285 g/mol. The molecule has 0 radical (unpaired) electrons. The van der Waals surface area contributed by atoms with Gasteiger partial charge < -0.3 is 15.0 Å². The van der Waals surface area contributed by atoms with Gasteiger partial charge in [0, 0.05) is 25.7 Å². The largest absolute Gasteiger partial charge is 0.470 e. The van der Waals surface area contributed by atoms with E-state index in [2.05, 4.69) is 32.1 Å². The summed E-state index contributed by atoms with van der Waals surface area (Å²) < 4.78 is 18.6. The van der Waals surface area contributed by atoms with E-state index in [1.807, 2.05) is 0 Å². The Morgan fingerprint density at radius 1 is 1.36 bits per heavy atom. The van der Waals surface area contributed by atoms with E-state index in [4.69, 9.17) is 4.74 Å². The minimum Gasteiger partial charge on any atom is -0.470 e. The van der Waals surface area contributed by atoms with Gasteiger partial charge in [-0.05, 0) is 19.1 Å². The molecule has 7 heteroatoms. The lowest BCUT2D eigenvalue weighted by Crippen LogP contribution is -2.50. The van der Waals surface area contributed by atoms with Crippen LogP contribution in [0, 0.1) is 5.95 Å². The maximum atomic E-state index is 13.0. The van der Waals surface area contributed by atoms with Crippen molar-refractivity contribution in [2.75, 3.05) is 24.5 Å². The molecule has 0 spiro atoms. The average molecular weight is 303 g/mol. The number of hydrogen-bond donors (Lipinski definition) is 1. The van der Waals surface area contributed by atoms with Gasteiger partial charge in [0.25, 0.3) is 0 Å². The summed E-state index contributed by atoms with van der Waals surface area (Å²) in [6.45, 7) is 5.01. The Kier molecular flexibility index (Phi) is 4.43. The maximum Gasteiger partial charge on any atom is 0.234 e. The molecule has 22 heavy (non-hydrogen) atoms. The van der Waals surface area contributed by atoms with Crippen LogP contribution in [-0.2, 0) is 6.61 Å². The minimum absolute atomic E-state index is 0.160. The highest BCUT2D eigenvalue weighted by molar-refractivity contribution is 5.39. The fourth-order valence-electron chi connectivity index (χ4n) is 2.41. The van der Waals surface area contributed by atoms with Crippen molar-refractivity contribution >= 4 is 5.82 Å². The zero-order valence-corrected chi connectivity index (χ0v) is 12.4. The molecule has 1 N–H and O–H groups in total. The molecule has 2 aromatic heterocycles. The van der Waals surface area contributed by atoms with E-state index in [0.29, 0.717) is 17.6 Å². The van der Waals surface area contributed by atoms with E-state index in [1.165, 1.54) is 6.07 Å². The molecule has 0 aromatic carbocycles. The molecule has 2 aromatic rings. The van der Waals surface area contributed by atoms with Gasteiger partial charge in [0.05, 0.1) is 18.1 Å². The van der Waals surface area contributed by atoms with Gasteiger partial charge in [0.2, 0.25) is 11.8 Å². The smallest absolute Gasteiger partial charge is 0.234 e. The summed E-state index contributed by atoms with van der Waals surface area (Å²) in [5.74, 6) is 0.684. The van der Waals surface area contributed by atoms with Crippen LogP contribution in [0.1, 0.15) is 12.6 Å². The molecule has 0 aliphatic carbocycles. The molecule has 1 saturated heterocycles. The zero-order valence-electron chi connectivity index (χ0n) is 12.4. The van der Waals surface area contributed by atoms with E-state index in [9.17, 15) is 4.39 Å². The summed E-state index contributed by atoms with van der Waals surface area (Å²) in [7, 11) is 0. The van der Waals surface area contributed by atoms with Crippen LogP contribution in [0.3, 0.4) is 0 Å². The molecule has 1 aliphatic rings. The second kappa shape index (κ2) is 6.65. The summed E-state index contributed by atoms with van der Waals surface area (Å²) in [6.07, 6.45) is 3.28. The van der Waals surface area contributed by atoms with Crippen molar-refractivity contribution in [2.24, 2.45) is 0 Å². The van der Waals surface area contributed by atoms with Crippen molar-refractivity contribution in [2.45, 2.75) is 19.6 Å². The number of ether oxygens (including phenoxy) is 1. The monoisotopic (exact) mass is 303 g/mol. The third kappa shape index (κ3) is 3.48. The van der Waals surface area contributed by atoms with E-state index >= 15 is 0 Å². The maximum absolute atomic E-state index is 13.0. The van der Waals surface area contributed by atoms with Gasteiger partial charge >= 0.3 is 0 Å². The Morgan fingerprint density at radius 2 is 2.27 bits per heavy atom. The second-order valence-electron chi connectivity index (χ2n) is 5.20. The Labute approximate surface area is 128 Å². The number of nitrogens with one attached hydrogen (secondary N) is 1. The van der Waals surface area contributed by atoms with Crippen molar-refractivity contribution in [3.05, 3.63) is 42.2 Å². The lowest BCUT2D eigenvalue weighted by atomic mass is 10.2. The van der Waals surface area contributed by atoms with Crippen molar-refractivity contribution in [3.63, 3.8) is 0 Å². The number of pyridine rings is 1. The first kappa shape index (κ1) is 14.6. The van der Waals surface area contributed by atoms with Crippen LogP contribution < -0.4 is 15.0 Å². The molecule has 1 aliphatic heterocycles. The highest BCUT2D eigenvalue weighted by Gasteiger charge is 2.19. The predicted molar refractivity (Wildman–Crippen MR) is 80.2 cm³/mol. The third-order valence-electron chi connectivity index (χ3n) is 3.54. The van der Waals surface area contributed by atoms with Crippen LogP contribution in [0.4, 0.5) is 10.2 Å². The zero-order chi connectivity index (χ0) is 15.4. The Bertz CT molecular complexity index is 639. The first-order valence-electron chi connectivity index (χ1n) is 7.26. The number of piperazine rings is 1. The minimum atomic E-state index is -0.518. The van der Waals surface area contributed by atoms with E-state index < -0.39 is 5.95 Å². The van der Waals surface area contributed by atoms with Gasteiger partial charge in [-0.2, -0.15) is 9.37 Å². The molecule has 3 heterocycles. The van der Waals surface area contributed by atoms with Crippen LogP contribution in [0.2, 0.25) is 0 Å². The molecule has 3 rings (SSSR count). The summed E-state index contributed by atoms with van der Waals surface area (Å²) in [5, 5.41) is 3.34. The number of hydrogen-bond acceptors (Lipinski definition) is 6. The van der Waals surface area contributed by atoms with Crippen LogP contribution >= 0.6 is 0 Å². The van der Waals surface area contributed by atoms with Crippen LogP contribution in [0.25, 0.3) is 0 Å². The molecule has 6 nitrogen and oxygen atoms in total. The van der Waals surface area contributed by atoms with Crippen molar-refractivity contribution in [1.29, 1.82) is 0 Å². The Balaban J connectivity index is 1.68. The lowest BCUT2D eigenvalue weighted by molar-refractivity contribution is 0.286. The summed E-state index contributed by atoms with van der Waals surface area (Å²) in [5.41, 5.74) is 0.516. The SMILES string of the molecule is CC1CNCCN1c1cncc(OCc2cccc(F)n2)n1. The lowest BCUT2D eigenvalue weighted by Gasteiger charge is -2.34. The molecule has 1 atom stereocenters. The van der Waals surface area contributed by atoms with Gasteiger partial charge in [-0.25, -0.2) is 4.98 Å². The van der Waals surface area contributed by atoms with Gasteiger partial charge in [-0.3, -0.25) is 4.98 Å². The van der Waals surface area contributed by atoms with Gasteiger partial charge in [-0.15, -0.1) is 0 Å². The number of rotatable bonds is 4. The van der Waals surface area contributed by atoms with Crippen LogP contribution in [0.15, 0.2) is 30.6 Å². The number of halogens is 1. The highest BCUT2D eigenvalue weighted by atomic mass is 19.1. The average Bonchev–Trinajstić information content (AvgIpc) is 2.54. The van der Waals surface area contributed by atoms with Crippen LogP contribution in [0.5, 0.6) is 5.88 Å². The quantitative estimate of drug-likeness (QED) is 0.861. The highest BCUT2D eigenvalue weighted by Crippen LogP contribution is 2.18. The Hall–Kier alpha value is -2.28. The molecular formula is C15H18FN5O. The first-order valence-corrected chi connectivity index (χ1v) is 7.26. The van der Waals surface area contributed by atoms with Crippen molar-refractivity contribution < 1.29 is 9.13 Å². The first-order chi connectivity index (χ1) is 10.7. The number of aromatic nitrogens is 3. The van der Waals surface area contributed by atoms with Gasteiger partial charge in [0.1, 0.15) is 6.61 Å². The van der Waals surface area contributed by atoms with E-state index in [0.717, 1.165) is 25.5 Å². The van der Waals surface area contributed by atoms with Gasteiger partial charge in [-0.1, -0.05) is 6.07 Å². The third-order valence-corrected chi connectivity index (χ3v) is 3.54.